The van der Waals surface area contributed by atoms with E-state index in [2.05, 4.69) is 10.4 Å². The molecule has 0 radical (unpaired) electrons. The van der Waals surface area contributed by atoms with Crippen LogP contribution in [0.5, 0.6) is 5.75 Å². The van der Waals surface area contributed by atoms with Gasteiger partial charge in [0.05, 0.1) is 0 Å². The fraction of sp³-hybridized carbons (Fsp3) is 0.462. The van der Waals surface area contributed by atoms with Crippen LogP contribution in [0.3, 0.4) is 0 Å². The second-order valence-electron chi connectivity index (χ2n) is 5.02. The molecule has 7 nitrogen and oxygen atoms in total. The van der Waals surface area contributed by atoms with Gasteiger partial charge in [0.2, 0.25) is 0 Å². The molecule has 0 spiro atoms. The summed E-state index contributed by atoms with van der Waals surface area (Å²) in [6.45, 7) is 2.66. The second-order valence-corrected chi connectivity index (χ2v) is 5.02. The Hall–Kier alpha value is -2.22. The maximum Gasteiger partial charge on any atom is 0.368 e. The largest absolute Gasteiger partial charge is 0.490 e. The Morgan fingerprint density at radius 1 is 1.33 bits per heavy atom. The Bertz CT molecular complexity index is 692. The monoisotopic (exact) mass is 295 g/mol. The summed E-state index contributed by atoms with van der Waals surface area (Å²) in [7, 11) is 5.31. The van der Waals surface area contributed by atoms with Gasteiger partial charge in [0, 0.05) is 19.7 Å². The molecule has 1 aromatic heterocycles. The summed E-state index contributed by atoms with van der Waals surface area (Å²) in [4.78, 5) is 13.9. The highest BCUT2D eigenvalue weighted by atomic mass is 19.1. The minimum absolute atomic E-state index is 0.266. The van der Waals surface area contributed by atoms with E-state index >= 15 is 0 Å². The van der Waals surface area contributed by atoms with Gasteiger partial charge in [-0.2, -0.15) is 9.36 Å². The molecular weight excluding hydrogens is 277 g/mol. The second kappa shape index (κ2) is 6.04. The van der Waals surface area contributed by atoms with Crippen LogP contribution in [0.4, 0.5) is 4.39 Å². The van der Waals surface area contributed by atoms with Crippen LogP contribution in [0.1, 0.15) is 5.56 Å². The first-order valence-corrected chi connectivity index (χ1v) is 6.47. The van der Waals surface area contributed by atoms with E-state index in [4.69, 9.17) is 4.74 Å². The SMILES string of the molecule is Cc1cc(-n2nnn(C)c2=O)c(OCCN(C)C)cc1F. The molecule has 21 heavy (non-hydrogen) atoms. The van der Waals surface area contributed by atoms with Gasteiger partial charge in [-0.1, -0.05) is 0 Å². The zero-order valence-electron chi connectivity index (χ0n) is 12.5. The fourth-order valence-corrected chi connectivity index (χ4v) is 1.73. The Labute approximate surface area is 121 Å². The quantitative estimate of drug-likeness (QED) is 0.796. The minimum atomic E-state index is -0.418. The Kier molecular flexibility index (Phi) is 4.37. The van der Waals surface area contributed by atoms with Gasteiger partial charge in [-0.3, -0.25) is 0 Å². The Morgan fingerprint density at radius 2 is 2.05 bits per heavy atom. The molecule has 0 amide bonds. The predicted molar refractivity (Wildman–Crippen MR) is 75.3 cm³/mol. The number of hydrogen-bond acceptors (Lipinski definition) is 5. The summed E-state index contributed by atoms with van der Waals surface area (Å²) in [5.74, 6) is -0.127. The number of benzene rings is 1. The van der Waals surface area contributed by atoms with Gasteiger partial charge < -0.3 is 9.64 Å². The molecule has 0 saturated heterocycles. The van der Waals surface area contributed by atoms with Gasteiger partial charge in [-0.05, 0) is 43.1 Å². The molecule has 8 heteroatoms. The lowest BCUT2D eigenvalue weighted by Gasteiger charge is -2.14. The molecule has 1 heterocycles. The van der Waals surface area contributed by atoms with Gasteiger partial charge >= 0.3 is 5.69 Å². The van der Waals surface area contributed by atoms with Gasteiger partial charge in [0.15, 0.2) is 0 Å². The third-order valence-corrected chi connectivity index (χ3v) is 2.99. The number of ether oxygens (including phenoxy) is 1. The number of aryl methyl sites for hydroxylation is 2. The molecule has 0 saturated carbocycles. The van der Waals surface area contributed by atoms with Crippen molar-refractivity contribution in [2.24, 2.45) is 7.05 Å². The molecule has 0 aliphatic heterocycles. The van der Waals surface area contributed by atoms with Crippen molar-refractivity contribution in [2.75, 3.05) is 27.2 Å². The van der Waals surface area contributed by atoms with Crippen molar-refractivity contribution in [1.82, 2.24) is 24.7 Å². The summed E-state index contributed by atoms with van der Waals surface area (Å²) < 4.78 is 21.5. The summed E-state index contributed by atoms with van der Waals surface area (Å²) in [6.07, 6.45) is 0. The molecule has 114 valence electrons. The van der Waals surface area contributed by atoms with Crippen LogP contribution in [0.2, 0.25) is 0 Å². The fourth-order valence-electron chi connectivity index (χ4n) is 1.73. The molecule has 0 atom stereocenters. The molecule has 0 unspecified atom stereocenters. The number of nitrogens with zero attached hydrogens (tertiary/aromatic N) is 5. The number of tetrazole rings is 1. The van der Waals surface area contributed by atoms with E-state index in [0.717, 1.165) is 9.36 Å². The van der Waals surface area contributed by atoms with Crippen LogP contribution in [0.25, 0.3) is 5.69 Å². The first kappa shape index (κ1) is 15.2. The van der Waals surface area contributed by atoms with Crippen molar-refractivity contribution in [3.8, 4) is 11.4 Å². The first-order chi connectivity index (χ1) is 9.90. The lowest BCUT2D eigenvalue weighted by Crippen LogP contribution is -2.24. The lowest BCUT2D eigenvalue weighted by atomic mass is 10.2. The van der Waals surface area contributed by atoms with E-state index in [1.54, 1.807) is 6.92 Å². The van der Waals surface area contributed by atoms with Gasteiger partial charge in [0.1, 0.15) is 23.9 Å². The highest BCUT2D eigenvalue weighted by molar-refractivity contribution is 5.48. The number of hydrogen-bond donors (Lipinski definition) is 0. The number of rotatable bonds is 5. The van der Waals surface area contributed by atoms with E-state index in [0.29, 0.717) is 24.4 Å². The van der Waals surface area contributed by atoms with E-state index in [9.17, 15) is 9.18 Å². The number of likely N-dealkylation sites (N-methyl/N-ethyl adjacent to an activating group) is 1. The molecule has 0 bridgehead atoms. The molecule has 0 N–H and O–H groups in total. The maximum atomic E-state index is 13.7. The van der Waals surface area contributed by atoms with E-state index in [-0.39, 0.29) is 5.75 Å². The smallest absolute Gasteiger partial charge is 0.368 e. The van der Waals surface area contributed by atoms with Crippen molar-refractivity contribution in [1.29, 1.82) is 0 Å². The van der Waals surface area contributed by atoms with Crippen LogP contribution >= 0.6 is 0 Å². The zero-order chi connectivity index (χ0) is 15.6. The highest BCUT2D eigenvalue weighted by Crippen LogP contribution is 2.25. The zero-order valence-corrected chi connectivity index (χ0v) is 12.5. The van der Waals surface area contributed by atoms with Crippen molar-refractivity contribution in [3.05, 3.63) is 34.0 Å². The van der Waals surface area contributed by atoms with Gasteiger partial charge in [0.25, 0.3) is 0 Å². The van der Waals surface area contributed by atoms with E-state index < -0.39 is 11.5 Å². The molecule has 0 aliphatic rings. The average Bonchev–Trinajstić information content (AvgIpc) is 2.74. The maximum absolute atomic E-state index is 13.7. The third kappa shape index (κ3) is 3.27. The summed E-state index contributed by atoms with van der Waals surface area (Å²) in [5.41, 5.74) is 0.367. The van der Waals surface area contributed by atoms with Crippen molar-refractivity contribution in [3.63, 3.8) is 0 Å². The van der Waals surface area contributed by atoms with Crippen LogP contribution in [-0.2, 0) is 7.05 Å². The lowest BCUT2D eigenvalue weighted by molar-refractivity contribution is 0.259. The van der Waals surface area contributed by atoms with Gasteiger partial charge in [-0.25, -0.2) is 9.18 Å². The molecular formula is C13H18FN5O2. The van der Waals surface area contributed by atoms with E-state index in [1.807, 2.05) is 19.0 Å². The highest BCUT2D eigenvalue weighted by Gasteiger charge is 2.15. The number of halogens is 1. The minimum Gasteiger partial charge on any atom is -0.490 e. The third-order valence-electron chi connectivity index (χ3n) is 2.99. The van der Waals surface area contributed by atoms with Crippen LogP contribution in [0.15, 0.2) is 16.9 Å². The molecule has 2 aromatic rings. The Morgan fingerprint density at radius 3 is 2.62 bits per heavy atom. The number of aromatic nitrogens is 4. The van der Waals surface area contributed by atoms with Gasteiger partial charge in [-0.15, -0.1) is 0 Å². The standard InChI is InChI=1S/C13H18FN5O2/c1-9-7-11(19-13(20)18(4)15-16-19)12(8-10(9)14)21-6-5-17(2)3/h7-8H,5-6H2,1-4H3. The summed E-state index contributed by atoms with van der Waals surface area (Å²) >= 11 is 0. The predicted octanol–water partition coefficient (Wildman–Crippen LogP) is 0.354. The van der Waals surface area contributed by atoms with Crippen LogP contribution < -0.4 is 10.4 Å². The average molecular weight is 295 g/mol. The van der Waals surface area contributed by atoms with Crippen LogP contribution in [-0.4, -0.2) is 51.9 Å². The van der Waals surface area contributed by atoms with Crippen LogP contribution in [0, 0.1) is 12.7 Å². The molecule has 2 rings (SSSR count). The Balaban J connectivity index is 2.41. The summed E-state index contributed by atoms with van der Waals surface area (Å²) in [5, 5.41) is 7.42. The van der Waals surface area contributed by atoms with E-state index in [1.165, 1.54) is 19.2 Å². The van der Waals surface area contributed by atoms with Crippen molar-refractivity contribution < 1.29 is 9.13 Å². The molecule has 1 aromatic carbocycles. The van der Waals surface area contributed by atoms with Crippen molar-refractivity contribution >= 4 is 0 Å². The molecule has 0 fully saturated rings. The first-order valence-electron chi connectivity index (χ1n) is 6.47. The summed E-state index contributed by atoms with van der Waals surface area (Å²) in [6, 6.07) is 2.79. The normalized spacial score (nSPS) is 11.1. The van der Waals surface area contributed by atoms with Crippen molar-refractivity contribution in [2.45, 2.75) is 6.92 Å². The topological polar surface area (TPSA) is 65.2 Å². The molecule has 0 aliphatic carbocycles.